The zero-order chi connectivity index (χ0) is 18.7. The second-order valence-corrected chi connectivity index (χ2v) is 5.86. The molecule has 0 aliphatic rings. The number of nitrogens with zero attached hydrogens (tertiary/aromatic N) is 2. The van der Waals surface area contributed by atoms with Crippen LogP contribution in [-0.4, -0.2) is 22.3 Å². The Bertz CT molecular complexity index is 944. The van der Waals surface area contributed by atoms with Crippen molar-refractivity contribution in [3.63, 3.8) is 0 Å². The maximum atomic E-state index is 12.5. The summed E-state index contributed by atoms with van der Waals surface area (Å²) in [6.07, 6.45) is 0. The van der Waals surface area contributed by atoms with Gasteiger partial charge in [-0.15, -0.1) is 0 Å². The Balaban J connectivity index is 1.87. The second kappa shape index (κ2) is 7.53. The molecule has 0 atom stereocenters. The normalized spacial score (nSPS) is 10.8. The lowest BCUT2D eigenvalue weighted by Crippen LogP contribution is -2.15. The largest absolute Gasteiger partial charge is 0.435 e. The van der Waals surface area contributed by atoms with Gasteiger partial charge in [0, 0.05) is 16.7 Å². The van der Waals surface area contributed by atoms with Crippen molar-refractivity contribution in [3.8, 4) is 11.4 Å². The summed E-state index contributed by atoms with van der Waals surface area (Å²) in [5.41, 5.74) is 1.55. The van der Waals surface area contributed by atoms with Gasteiger partial charge in [-0.05, 0) is 43.3 Å². The molecule has 0 unspecified atom stereocenters. The maximum absolute atomic E-state index is 12.5. The number of benzene rings is 2. The quantitative estimate of drug-likeness (QED) is 0.702. The number of alkyl halides is 2. The zero-order valence-electron chi connectivity index (χ0n) is 13.6. The number of ether oxygens (including phenoxy) is 1. The Morgan fingerprint density at radius 1 is 1.19 bits per heavy atom. The van der Waals surface area contributed by atoms with Crippen LogP contribution >= 0.6 is 11.6 Å². The topological polar surface area (TPSA) is 56.1 Å². The van der Waals surface area contributed by atoms with Gasteiger partial charge in [-0.2, -0.15) is 13.9 Å². The minimum atomic E-state index is -2.96. The lowest BCUT2D eigenvalue weighted by atomic mass is 10.2. The molecule has 3 aromatic rings. The Morgan fingerprint density at radius 3 is 2.69 bits per heavy atom. The molecule has 26 heavy (non-hydrogen) atoms. The predicted molar refractivity (Wildman–Crippen MR) is 94.3 cm³/mol. The van der Waals surface area contributed by atoms with E-state index in [4.69, 9.17) is 11.6 Å². The highest BCUT2D eigenvalue weighted by Gasteiger charge is 2.14. The van der Waals surface area contributed by atoms with Crippen molar-refractivity contribution in [2.75, 3.05) is 5.32 Å². The first kappa shape index (κ1) is 17.9. The van der Waals surface area contributed by atoms with Gasteiger partial charge in [0.1, 0.15) is 11.6 Å². The van der Waals surface area contributed by atoms with Crippen LogP contribution < -0.4 is 10.1 Å². The Kier molecular flexibility index (Phi) is 5.18. The van der Waals surface area contributed by atoms with Crippen molar-refractivity contribution >= 4 is 23.3 Å². The molecule has 134 valence electrons. The van der Waals surface area contributed by atoms with Crippen LogP contribution in [0.4, 0.5) is 14.6 Å². The average molecular weight is 378 g/mol. The molecule has 1 aromatic heterocycles. The molecule has 0 radical (unpaired) electrons. The number of carbonyl (C=O) groups excluding carboxylic acids is 1. The van der Waals surface area contributed by atoms with E-state index in [1.165, 1.54) is 24.3 Å². The lowest BCUT2D eigenvalue weighted by Gasteiger charge is -2.10. The number of halogens is 3. The Hall–Kier alpha value is -2.93. The van der Waals surface area contributed by atoms with E-state index >= 15 is 0 Å². The fourth-order valence-corrected chi connectivity index (χ4v) is 2.58. The van der Waals surface area contributed by atoms with E-state index in [0.29, 0.717) is 22.2 Å². The van der Waals surface area contributed by atoms with Crippen molar-refractivity contribution in [1.29, 1.82) is 0 Å². The smallest absolute Gasteiger partial charge is 0.387 e. The van der Waals surface area contributed by atoms with Crippen molar-refractivity contribution in [3.05, 3.63) is 70.9 Å². The molecule has 3 rings (SSSR count). The molecule has 0 aliphatic carbocycles. The third-order valence-corrected chi connectivity index (χ3v) is 3.68. The molecule has 2 aromatic carbocycles. The summed E-state index contributed by atoms with van der Waals surface area (Å²) in [6, 6.07) is 14.3. The van der Waals surface area contributed by atoms with E-state index in [0.717, 1.165) is 0 Å². The zero-order valence-corrected chi connectivity index (χ0v) is 14.4. The number of carbonyl (C=O) groups is 1. The summed E-state index contributed by atoms with van der Waals surface area (Å²) < 4.78 is 30.5. The van der Waals surface area contributed by atoms with Crippen LogP contribution in [0.2, 0.25) is 5.02 Å². The number of nitrogens with one attached hydrogen (secondary N) is 1. The molecular weight excluding hydrogens is 364 g/mol. The van der Waals surface area contributed by atoms with Gasteiger partial charge < -0.3 is 10.1 Å². The first-order chi connectivity index (χ1) is 12.4. The summed E-state index contributed by atoms with van der Waals surface area (Å²) in [5, 5.41) is 7.60. The molecule has 1 N–H and O–H groups in total. The third-order valence-electron chi connectivity index (χ3n) is 3.45. The summed E-state index contributed by atoms with van der Waals surface area (Å²) >= 11 is 6.01. The van der Waals surface area contributed by atoms with E-state index in [1.807, 2.05) is 0 Å². The van der Waals surface area contributed by atoms with E-state index in [-0.39, 0.29) is 11.3 Å². The fourth-order valence-electron chi connectivity index (χ4n) is 2.40. The van der Waals surface area contributed by atoms with Gasteiger partial charge in [0.05, 0.1) is 11.4 Å². The Morgan fingerprint density at radius 2 is 1.96 bits per heavy atom. The highest BCUT2D eigenvalue weighted by Crippen LogP contribution is 2.22. The molecule has 0 aliphatic heterocycles. The van der Waals surface area contributed by atoms with Crippen molar-refractivity contribution in [1.82, 2.24) is 9.78 Å². The number of hydrogen-bond donors (Lipinski definition) is 1. The van der Waals surface area contributed by atoms with Gasteiger partial charge in [-0.1, -0.05) is 23.7 Å². The van der Waals surface area contributed by atoms with Crippen LogP contribution in [0.15, 0.2) is 54.6 Å². The predicted octanol–water partition coefficient (Wildman–Crippen LogP) is 4.69. The average Bonchev–Trinajstić information content (AvgIpc) is 2.95. The minimum absolute atomic E-state index is 0.0906. The lowest BCUT2D eigenvalue weighted by molar-refractivity contribution is -0.0498. The molecule has 0 saturated carbocycles. The first-order valence-corrected chi connectivity index (χ1v) is 7.99. The summed E-state index contributed by atoms with van der Waals surface area (Å²) in [5.74, 6) is -0.143. The SMILES string of the molecule is Cc1cc(NC(=O)c2cccc(OC(F)F)c2)n(-c2cccc(Cl)c2)n1. The molecule has 0 spiro atoms. The van der Waals surface area contributed by atoms with Crippen molar-refractivity contribution in [2.45, 2.75) is 13.5 Å². The molecule has 5 nitrogen and oxygen atoms in total. The third kappa shape index (κ3) is 4.18. The number of hydrogen-bond acceptors (Lipinski definition) is 3. The maximum Gasteiger partial charge on any atom is 0.387 e. The molecular formula is C18H14ClF2N3O2. The van der Waals surface area contributed by atoms with Crippen molar-refractivity contribution in [2.24, 2.45) is 0 Å². The fraction of sp³-hybridized carbons (Fsp3) is 0.111. The highest BCUT2D eigenvalue weighted by atomic mass is 35.5. The second-order valence-electron chi connectivity index (χ2n) is 5.42. The van der Waals surface area contributed by atoms with Crippen LogP contribution in [0.3, 0.4) is 0 Å². The summed E-state index contributed by atoms with van der Waals surface area (Å²) in [6.45, 7) is -1.17. The van der Waals surface area contributed by atoms with Crippen LogP contribution in [0.25, 0.3) is 5.69 Å². The van der Waals surface area contributed by atoms with Gasteiger partial charge in [-0.3, -0.25) is 4.79 Å². The number of aromatic nitrogens is 2. The molecule has 0 saturated heterocycles. The van der Waals surface area contributed by atoms with E-state index in [9.17, 15) is 13.6 Å². The summed E-state index contributed by atoms with van der Waals surface area (Å²) in [7, 11) is 0. The van der Waals surface area contributed by atoms with Gasteiger partial charge >= 0.3 is 6.61 Å². The summed E-state index contributed by atoms with van der Waals surface area (Å²) in [4.78, 5) is 12.5. The number of rotatable bonds is 5. The van der Waals surface area contributed by atoms with Gasteiger partial charge in [-0.25, -0.2) is 4.68 Å². The number of anilines is 1. The highest BCUT2D eigenvalue weighted by molar-refractivity contribution is 6.30. The van der Waals surface area contributed by atoms with Gasteiger partial charge in [0.15, 0.2) is 0 Å². The molecule has 0 bridgehead atoms. The monoisotopic (exact) mass is 377 g/mol. The number of amides is 1. The van der Waals surface area contributed by atoms with Crippen LogP contribution in [0.1, 0.15) is 16.1 Å². The molecule has 8 heteroatoms. The molecule has 0 fully saturated rings. The number of aryl methyl sites for hydroxylation is 1. The minimum Gasteiger partial charge on any atom is -0.435 e. The van der Waals surface area contributed by atoms with Gasteiger partial charge in [0.25, 0.3) is 5.91 Å². The van der Waals surface area contributed by atoms with Gasteiger partial charge in [0.2, 0.25) is 0 Å². The van der Waals surface area contributed by atoms with E-state index in [1.54, 1.807) is 41.9 Å². The Labute approximate surface area is 153 Å². The standard InChI is InChI=1S/C18H14ClF2N3O2/c1-11-8-16(24(23-11)14-6-3-5-13(19)10-14)22-17(25)12-4-2-7-15(9-12)26-18(20)21/h2-10,18H,1H3,(H,22,25). The van der Waals surface area contributed by atoms with E-state index < -0.39 is 12.5 Å². The van der Waals surface area contributed by atoms with Crippen molar-refractivity contribution < 1.29 is 18.3 Å². The van der Waals surface area contributed by atoms with Crippen LogP contribution in [0.5, 0.6) is 5.75 Å². The molecule has 1 heterocycles. The van der Waals surface area contributed by atoms with E-state index in [2.05, 4.69) is 15.2 Å². The first-order valence-electron chi connectivity index (χ1n) is 7.61. The van der Waals surface area contributed by atoms with Crippen LogP contribution in [0, 0.1) is 6.92 Å². The van der Waals surface area contributed by atoms with Crippen LogP contribution in [-0.2, 0) is 0 Å². The molecule has 1 amide bonds.